The first-order valence-corrected chi connectivity index (χ1v) is 10.7. The van der Waals surface area contributed by atoms with E-state index < -0.39 is 5.82 Å². The van der Waals surface area contributed by atoms with Gasteiger partial charge in [-0.05, 0) is 62.6 Å². The quantitative estimate of drug-likeness (QED) is 0.560. The van der Waals surface area contributed by atoms with Gasteiger partial charge >= 0.3 is 0 Å². The monoisotopic (exact) mass is 441 g/mol. The Kier molecular flexibility index (Phi) is 6.80. The van der Waals surface area contributed by atoms with Crippen molar-refractivity contribution < 1.29 is 23.0 Å². The number of aromatic nitrogens is 2. The molecule has 1 aliphatic heterocycles. The topological polar surface area (TPSA) is 65.4 Å². The van der Waals surface area contributed by atoms with Crippen LogP contribution in [0.3, 0.4) is 0 Å². The molecule has 3 aromatic rings. The highest BCUT2D eigenvalue weighted by molar-refractivity contribution is 5.76. The second-order valence-electron chi connectivity index (χ2n) is 7.73. The summed E-state index contributed by atoms with van der Waals surface area (Å²) in [5.41, 5.74) is 1.90. The molecule has 0 aliphatic carbocycles. The molecule has 1 saturated heterocycles. The summed E-state index contributed by atoms with van der Waals surface area (Å²) in [4.78, 5) is 12.4. The number of aryl methyl sites for hydroxylation is 1. The number of nitrogens with one attached hydrogen (secondary N) is 1. The summed E-state index contributed by atoms with van der Waals surface area (Å²) in [6.07, 6.45) is 2.61. The van der Waals surface area contributed by atoms with Crippen LogP contribution in [0.15, 0.2) is 48.5 Å². The molecule has 4 rings (SSSR count). The summed E-state index contributed by atoms with van der Waals surface area (Å²) in [5, 5.41) is 7.42. The zero-order valence-corrected chi connectivity index (χ0v) is 17.8. The highest BCUT2D eigenvalue weighted by Gasteiger charge is 2.22. The van der Waals surface area contributed by atoms with Gasteiger partial charge in [-0.2, -0.15) is 5.10 Å². The van der Waals surface area contributed by atoms with E-state index in [9.17, 15) is 13.6 Å². The highest BCUT2D eigenvalue weighted by atomic mass is 19.1. The van der Waals surface area contributed by atoms with Crippen molar-refractivity contribution in [3.63, 3.8) is 0 Å². The zero-order valence-electron chi connectivity index (χ0n) is 17.8. The maximum atomic E-state index is 14.3. The number of nitrogens with zero attached hydrogens (tertiary/aromatic N) is 2. The van der Waals surface area contributed by atoms with Crippen molar-refractivity contribution in [3.05, 3.63) is 71.4 Å². The van der Waals surface area contributed by atoms with Gasteiger partial charge in [-0.1, -0.05) is 12.1 Å². The fourth-order valence-electron chi connectivity index (χ4n) is 3.68. The van der Waals surface area contributed by atoms with Crippen molar-refractivity contribution in [2.24, 2.45) is 0 Å². The lowest BCUT2D eigenvalue weighted by Crippen LogP contribution is -2.31. The first-order chi connectivity index (χ1) is 15.5. The number of amides is 1. The van der Waals surface area contributed by atoms with E-state index in [0.29, 0.717) is 35.8 Å². The molecule has 0 radical (unpaired) electrons. The van der Waals surface area contributed by atoms with Crippen molar-refractivity contribution in [1.82, 2.24) is 15.1 Å². The molecule has 1 aliphatic rings. The lowest BCUT2D eigenvalue weighted by atomic mass is 10.1. The predicted octanol–water partition coefficient (Wildman–Crippen LogP) is 4.48. The first kappa shape index (κ1) is 22.0. The first-order valence-electron chi connectivity index (χ1n) is 10.7. The largest absolute Gasteiger partial charge is 0.436 e. The normalized spacial score (nSPS) is 15.7. The number of carbonyl (C=O) groups is 1. The number of para-hydroxylation sites is 1. The number of hydrogen-bond donors (Lipinski definition) is 1. The molecule has 8 heteroatoms. The van der Waals surface area contributed by atoms with E-state index >= 15 is 0 Å². The molecule has 1 N–H and O–H groups in total. The Hall–Kier alpha value is -3.26. The molecule has 1 amide bonds. The number of halogens is 2. The van der Waals surface area contributed by atoms with E-state index in [-0.39, 0.29) is 30.0 Å². The van der Waals surface area contributed by atoms with E-state index in [4.69, 9.17) is 9.47 Å². The molecule has 168 valence electrons. The Morgan fingerprint density at radius 1 is 1.22 bits per heavy atom. The van der Waals surface area contributed by atoms with Crippen LogP contribution in [-0.2, 0) is 16.0 Å². The smallest absolute Gasteiger partial charge is 0.226 e. The Balaban J connectivity index is 1.56. The van der Waals surface area contributed by atoms with Crippen molar-refractivity contribution in [3.8, 4) is 17.3 Å². The van der Waals surface area contributed by atoms with Crippen molar-refractivity contribution in [2.45, 2.75) is 38.7 Å². The van der Waals surface area contributed by atoms with Crippen LogP contribution >= 0.6 is 0 Å². The van der Waals surface area contributed by atoms with Crippen LogP contribution in [0, 0.1) is 18.6 Å². The zero-order chi connectivity index (χ0) is 22.5. The molecule has 1 fully saturated rings. The molecule has 1 atom stereocenters. The second-order valence-corrected chi connectivity index (χ2v) is 7.73. The fourth-order valence-corrected chi connectivity index (χ4v) is 3.68. The number of ether oxygens (including phenoxy) is 2. The lowest BCUT2D eigenvalue weighted by molar-refractivity contribution is -0.121. The van der Waals surface area contributed by atoms with E-state index in [2.05, 4.69) is 10.4 Å². The maximum absolute atomic E-state index is 14.3. The molecular formula is C24H25F2N3O3. The molecule has 6 nitrogen and oxygen atoms in total. The third kappa shape index (κ3) is 5.13. The van der Waals surface area contributed by atoms with Crippen molar-refractivity contribution in [2.75, 3.05) is 13.2 Å². The van der Waals surface area contributed by atoms with Crippen molar-refractivity contribution in [1.29, 1.82) is 0 Å². The second kappa shape index (κ2) is 9.91. The van der Waals surface area contributed by atoms with Crippen LogP contribution in [0.4, 0.5) is 8.78 Å². The SMILES string of the molecule is Cc1nn(-c2ccc(F)cc2)c(Oc2ccccc2F)c1CCC(=O)NC[C@H]1CCCO1. The predicted molar refractivity (Wildman–Crippen MR) is 115 cm³/mol. The summed E-state index contributed by atoms with van der Waals surface area (Å²) in [7, 11) is 0. The number of benzene rings is 2. The van der Waals surface area contributed by atoms with Gasteiger partial charge in [0.15, 0.2) is 11.6 Å². The molecular weight excluding hydrogens is 416 g/mol. The number of rotatable bonds is 8. The van der Waals surface area contributed by atoms with Gasteiger partial charge < -0.3 is 14.8 Å². The van der Waals surface area contributed by atoms with Gasteiger partial charge in [-0.25, -0.2) is 13.5 Å². The minimum Gasteiger partial charge on any atom is -0.436 e. The standard InChI is InChI=1S/C24H25F2N3O3/c1-16-20(12-13-23(30)27-15-19-5-4-14-31-19)24(32-22-7-3-2-6-21(22)26)29(28-16)18-10-8-17(25)9-11-18/h2-3,6-11,19H,4-5,12-15H2,1H3,(H,27,30)/t19-/m1/s1. The molecule has 0 saturated carbocycles. The molecule has 2 aromatic carbocycles. The van der Waals surface area contributed by atoms with Crippen LogP contribution < -0.4 is 10.1 Å². The Bertz CT molecular complexity index is 1080. The van der Waals surface area contributed by atoms with Crippen LogP contribution in [0.1, 0.15) is 30.5 Å². The van der Waals surface area contributed by atoms with Gasteiger partial charge in [-0.15, -0.1) is 0 Å². The van der Waals surface area contributed by atoms with E-state index in [1.54, 1.807) is 31.2 Å². The summed E-state index contributed by atoms with van der Waals surface area (Å²) in [6.45, 7) is 3.03. The summed E-state index contributed by atoms with van der Waals surface area (Å²) >= 11 is 0. The van der Waals surface area contributed by atoms with Gasteiger partial charge in [0, 0.05) is 25.1 Å². The average Bonchev–Trinajstić information content (AvgIpc) is 3.41. The minimum atomic E-state index is -0.516. The molecule has 1 aromatic heterocycles. The minimum absolute atomic E-state index is 0.0415. The summed E-state index contributed by atoms with van der Waals surface area (Å²) in [6, 6.07) is 11.8. The van der Waals surface area contributed by atoms with Crippen LogP contribution in [-0.4, -0.2) is 34.9 Å². The average molecular weight is 441 g/mol. The lowest BCUT2D eigenvalue weighted by Gasteiger charge is -2.13. The third-order valence-corrected chi connectivity index (χ3v) is 5.40. The van der Waals surface area contributed by atoms with E-state index in [1.165, 1.54) is 28.9 Å². The van der Waals surface area contributed by atoms with Gasteiger partial charge in [0.2, 0.25) is 11.8 Å². The summed E-state index contributed by atoms with van der Waals surface area (Å²) in [5.74, 6) is -0.660. The van der Waals surface area contributed by atoms with Gasteiger partial charge in [0.25, 0.3) is 0 Å². The molecule has 0 unspecified atom stereocenters. The Morgan fingerprint density at radius 3 is 2.72 bits per heavy atom. The van der Waals surface area contributed by atoms with Crippen molar-refractivity contribution >= 4 is 5.91 Å². The van der Waals surface area contributed by atoms with Gasteiger partial charge in [-0.3, -0.25) is 4.79 Å². The Labute approximate surface area is 185 Å². The number of carbonyl (C=O) groups excluding carboxylic acids is 1. The van der Waals surface area contributed by atoms with Crippen LogP contribution in [0.25, 0.3) is 5.69 Å². The summed E-state index contributed by atoms with van der Waals surface area (Å²) < 4.78 is 40.7. The fraction of sp³-hybridized carbons (Fsp3) is 0.333. The molecule has 2 heterocycles. The molecule has 0 spiro atoms. The Morgan fingerprint density at radius 2 is 2.00 bits per heavy atom. The number of hydrogen-bond acceptors (Lipinski definition) is 4. The van der Waals surface area contributed by atoms with E-state index in [0.717, 1.165) is 19.4 Å². The van der Waals surface area contributed by atoms with Crippen LogP contribution in [0.2, 0.25) is 0 Å². The molecule has 0 bridgehead atoms. The van der Waals surface area contributed by atoms with Gasteiger partial charge in [0.05, 0.1) is 17.5 Å². The van der Waals surface area contributed by atoms with Crippen LogP contribution in [0.5, 0.6) is 11.6 Å². The van der Waals surface area contributed by atoms with Gasteiger partial charge in [0.1, 0.15) is 5.82 Å². The maximum Gasteiger partial charge on any atom is 0.226 e. The van der Waals surface area contributed by atoms with E-state index in [1.807, 2.05) is 0 Å². The molecule has 32 heavy (non-hydrogen) atoms. The highest BCUT2D eigenvalue weighted by Crippen LogP contribution is 2.32. The third-order valence-electron chi connectivity index (χ3n) is 5.40.